The molecule has 1 unspecified atom stereocenters. The SMILES string of the molecule is C=CCOC(=O)C1=C(C)Nc2nc(SCCC)nn2C1c1ccc(OCc2ccc(Cl)cc2)c(OC)c1. The third-order valence-electron chi connectivity index (χ3n) is 5.63. The molecule has 0 aliphatic carbocycles. The number of anilines is 1. The van der Waals surface area contributed by atoms with Crippen LogP contribution in [0.1, 0.15) is 37.4 Å². The maximum absolute atomic E-state index is 13.1. The fourth-order valence-electron chi connectivity index (χ4n) is 3.89. The van der Waals surface area contributed by atoms with Crippen LogP contribution in [-0.4, -0.2) is 40.2 Å². The van der Waals surface area contributed by atoms with E-state index < -0.39 is 12.0 Å². The van der Waals surface area contributed by atoms with Crippen LogP contribution < -0.4 is 14.8 Å². The molecule has 0 saturated carbocycles. The average Bonchev–Trinajstić information content (AvgIpc) is 3.31. The molecule has 194 valence electrons. The summed E-state index contributed by atoms with van der Waals surface area (Å²) in [5, 5.41) is 9.23. The van der Waals surface area contributed by atoms with Crippen molar-refractivity contribution in [3.63, 3.8) is 0 Å². The number of allylic oxidation sites excluding steroid dienone is 1. The Balaban J connectivity index is 1.70. The predicted molar refractivity (Wildman–Crippen MR) is 145 cm³/mol. The summed E-state index contributed by atoms with van der Waals surface area (Å²) in [7, 11) is 1.58. The number of rotatable bonds is 11. The Labute approximate surface area is 225 Å². The van der Waals surface area contributed by atoms with Crippen molar-refractivity contribution in [1.82, 2.24) is 14.8 Å². The van der Waals surface area contributed by atoms with Crippen molar-refractivity contribution in [3.8, 4) is 11.5 Å². The molecule has 3 aromatic rings. The molecule has 1 atom stereocenters. The van der Waals surface area contributed by atoms with Gasteiger partial charge in [-0.1, -0.05) is 61.1 Å². The third-order valence-corrected chi connectivity index (χ3v) is 6.93. The standard InChI is InChI=1S/C27H29ClN4O4S/c1-5-13-35-25(33)23-17(3)29-26-30-27(37-14-6-2)31-32(26)24(23)19-9-12-21(22(15-19)34-4)36-16-18-7-10-20(28)11-8-18/h5,7-12,15,24H,1,6,13-14,16H2,2-4H3,(H,29,30,31). The highest BCUT2D eigenvalue weighted by Gasteiger charge is 2.35. The minimum absolute atomic E-state index is 0.102. The summed E-state index contributed by atoms with van der Waals surface area (Å²) in [4.78, 5) is 17.8. The molecule has 0 saturated heterocycles. The monoisotopic (exact) mass is 540 g/mol. The van der Waals surface area contributed by atoms with E-state index in [4.69, 9.17) is 30.9 Å². The number of halogens is 1. The largest absolute Gasteiger partial charge is 0.493 e. The zero-order chi connectivity index (χ0) is 26.4. The lowest BCUT2D eigenvalue weighted by atomic mass is 9.95. The van der Waals surface area contributed by atoms with Crippen LogP contribution in [0.4, 0.5) is 5.95 Å². The smallest absolute Gasteiger partial charge is 0.338 e. The van der Waals surface area contributed by atoms with Gasteiger partial charge in [-0.2, -0.15) is 4.98 Å². The van der Waals surface area contributed by atoms with E-state index in [0.29, 0.717) is 45.5 Å². The molecule has 1 aromatic heterocycles. The molecule has 1 aliphatic heterocycles. The van der Waals surface area contributed by atoms with Crippen LogP contribution in [0.5, 0.6) is 11.5 Å². The van der Waals surface area contributed by atoms with Crippen molar-refractivity contribution >= 4 is 35.3 Å². The number of esters is 1. The molecule has 0 amide bonds. The average molecular weight is 541 g/mol. The second kappa shape index (κ2) is 12.2. The molecule has 2 heterocycles. The summed E-state index contributed by atoms with van der Waals surface area (Å²) in [5.74, 6) is 2.10. The van der Waals surface area contributed by atoms with E-state index in [9.17, 15) is 4.79 Å². The van der Waals surface area contributed by atoms with E-state index in [1.54, 1.807) is 23.6 Å². The molecule has 2 aromatic carbocycles. The topological polar surface area (TPSA) is 87.5 Å². The number of nitrogens with zero attached hydrogens (tertiary/aromatic N) is 3. The van der Waals surface area contributed by atoms with E-state index in [0.717, 1.165) is 23.3 Å². The summed E-state index contributed by atoms with van der Waals surface area (Å²) in [6, 6.07) is 12.5. The van der Waals surface area contributed by atoms with Crippen LogP contribution in [0.15, 0.2) is 71.5 Å². The van der Waals surface area contributed by atoms with Gasteiger partial charge < -0.3 is 19.5 Å². The van der Waals surface area contributed by atoms with Gasteiger partial charge in [0.1, 0.15) is 19.3 Å². The Kier molecular flexibility index (Phi) is 8.78. The number of aromatic nitrogens is 3. The second-order valence-corrected chi connectivity index (χ2v) is 9.79. The summed E-state index contributed by atoms with van der Waals surface area (Å²) in [5.41, 5.74) is 2.83. The van der Waals surface area contributed by atoms with E-state index >= 15 is 0 Å². The summed E-state index contributed by atoms with van der Waals surface area (Å²) in [6.07, 6.45) is 2.53. The van der Waals surface area contributed by atoms with Gasteiger partial charge in [0.2, 0.25) is 11.1 Å². The Morgan fingerprint density at radius 3 is 2.73 bits per heavy atom. The van der Waals surface area contributed by atoms with Gasteiger partial charge in [0.15, 0.2) is 11.5 Å². The van der Waals surface area contributed by atoms with Crippen LogP contribution in [0.25, 0.3) is 0 Å². The highest BCUT2D eigenvalue weighted by atomic mass is 35.5. The quantitative estimate of drug-likeness (QED) is 0.179. The molecule has 0 bridgehead atoms. The number of benzene rings is 2. The van der Waals surface area contributed by atoms with E-state index in [-0.39, 0.29) is 6.61 Å². The van der Waals surface area contributed by atoms with Crippen molar-refractivity contribution in [2.24, 2.45) is 0 Å². The van der Waals surface area contributed by atoms with Crippen LogP contribution >= 0.6 is 23.4 Å². The summed E-state index contributed by atoms with van der Waals surface area (Å²) < 4.78 is 18.8. The first-order valence-corrected chi connectivity index (χ1v) is 13.2. The molecule has 0 fully saturated rings. The highest BCUT2D eigenvalue weighted by molar-refractivity contribution is 7.99. The first-order valence-electron chi connectivity index (χ1n) is 11.9. The number of carbonyl (C=O) groups is 1. The zero-order valence-electron chi connectivity index (χ0n) is 21.0. The number of ether oxygens (including phenoxy) is 3. The number of thioether (sulfide) groups is 1. The molecule has 10 heteroatoms. The summed E-state index contributed by atoms with van der Waals surface area (Å²) >= 11 is 7.55. The predicted octanol–water partition coefficient (Wildman–Crippen LogP) is 6.04. The van der Waals surface area contributed by atoms with Gasteiger partial charge >= 0.3 is 5.97 Å². The normalized spacial score (nSPS) is 14.5. The van der Waals surface area contributed by atoms with Gasteiger partial charge in [0.25, 0.3) is 0 Å². The van der Waals surface area contributed by atoms with E-state index in [2.05, 4.69) is 23.8 Å². The molecule has 1 aliphatic rings. The number of hydrogen-bond acceptors (Lipinski definition) is 8. The van der Waals surface area contributed by atoms with Gasteiger partial charge in [-0.05, 0) is 48.7 Å². The van der Waals surface area contributed by atoms with Crippen molar-refractivity contribution in [2.75, 3.05) is 24.8 Å². The van der Waals surface area contributed by atoms with Crippen molar-refractivity contribution in [2.45, 2.75) is 38.1 Å². The van der Waals surface area contributed by atoms with Crippen LogP contribution in [0.3, 0.4) is 0 Å². The van der Waals surface area contributed by atoms with Crippen molar-refractivity contribution < 1.29 is 19.0 Å². The molecule has 0 spiro atoms. The van der Waals surface area contributed by atoms with Crippen LogP contribution in [-0.2, 0) is 16.1 Å². The maximum atomic E-state index is 13.1. The van der Waals surface area contributed by atoms with Gasteiger partial charge in [-0.15, -0.1) is 5.10 Å². The minimum Gasteiger partial charge on any atom is -0.493 e. The van der Waals surface area contributed by atoms with E-state index in [1.165, 1.54) is 6.08 Å². The molecule has 8 nitrogen and oxygen atoms in total. The zero-order valence-corrected chi connectivity index (χ0v) is 22.6. The number of carbonyl (C=O) groups excluding carboxylic acids is 1. The number of hydrogen-bond donors (Lipinski definition) is 1. The minimum atomic E-state index is -0.573. The van der Waals surface area contributed by atoms with Gasteiger partial charge in [0, 0.05) is 16.5 Å². The maximum Gasteiger partial charge on any atom is 0.338 e. The Morgan fingerprint density at radius 1 is 1.24 bits per heavy atom. The molecule has 37 heavy (non-hydrogen) atoms. The van der Waals surface area contributed by atoms with Gasteiger partial charge in [-0.3, -0.25) is 0 Å². The van der Waals surface area contributed by atoms with Gasteiger partial charge in [0.05, 0.1) is 12.7 Å². The molecule has 0 radical (unpaired) electrons. The lowest BCUT2D eigenvalue weighted by Crippen LogP contribution is -2.29. The fraction of sp³-hybridized carbons (Fsp3) is 0.296. The Hall–Kier alpha value is -3.43. The summed E-state index contributed by atoms with van der Waals surface area (Å²) in [6.45, 7) is 8.03. The lowest BCUT2D eigenvalue weighted by Gasteiger charge is -2.28. The van der Waals surface area contributed by atoms with Crippen molar-refractivity contribution in [3.05, 3.63) is 82.5 Å². The first kappa shape index (κ1) is 26.6. The lowest BCUT2D eigenvalue weighted by molar-refractivity contribution is -0.138. The number of fused-ring (bicyclic) bond motifs is 1. The first-order chi connectivity index (χ1) is 17.9. The van der Waals surface area contributed by atoms with Crippen molar-refractivity contribution in [1.29, 1.82) is 0 Å². The molecule has 4 rings (SSSR count). The van der Waals surface area contributed by atoms with E-state index in [1.807, 2.05) is 49.4 Å². The molecular formula is C27H29ClN4O4S. The van der Waals surface area contributed by atoms with Gasteiger partial charge in [-0.25, -0.2) is 9.48 Å². The fourth-order valence-corrected chi connectivity index (χ4v) is 4.70. The molecule has 1 N–H and O–H groups in total. The second-order valence-electron chi connectivity index (χ2n) is 8.29. The Bertz CT molecular complexity index is 1310. The Morgan fingerprint density at radius 2 is 2.03 bits per heavy atom. The van der Waals surface area contributed by atoms with Crippen LogP contribution in [0.2, 0.25) is 5.02 Å². The number of methoxy groups -OCH3 is 1. The third kappa shape index (κ3) is 6.11. The highest BCUT2D eigenvalue weighted by Crippen LogP contribution is 2.40. The molecular weight excluding hydrogens is 512 g/mol. The van der Waals surface area contributed by atoms with Crippen LogP contribution in [0, 0.1) is 0 Å². The number of nitrogens with one attached hydrogen (secondary N) is 1.